The van der Waals surface area contributed by atoms with Gasteiger partial charge in [-0.1, -0.05) is 61.5 Å². The van der Waals surface area contributed by atoms with Crippen molar-refractivity contribution in [2.75, 3.05) is 9.80 Å². The van der Waals surface area contributed by atoms with Crippen molar-refractivity contribution in [1.82, 2.24) is 0 Å². The van der Waals surface area contributed by atoms with Gasteiger partial charge in [0.1, 0.15) is 0 Å². The zero-order valence-electron chi connectivity index (χ0n) is 15.9. The number of fused-ring (bicyclic) bond motifs is 2. The maximum absolute atomic E-state index is 2.38. The molecule has 28 heavy (non-hydrogen) atoms. The average Bonchev–Trinajstić information content (AvgIpc) is 2.78. The van der Waals surface area contributed by atoms with Gasteiger partial charge < -0.3 is 9.80 Å². The first-order chi connectivity index (χ1) is 13.9. The van der Waals surface area contributed by atoms with E-state index in [1.165, 1.54) is 39.7 Å². The molecule has 0 N–H and O–H groups in total. The SMILES string of the molecule is CCc1ccc2c(c1)N(c1ccccc1)c1ccccc1N2c1ccccc1. The van der Waals surface area contributed by atoms with Crippen molar-refractivity contribution in [3.05, 3.63) is 109 Å². The van der Waals surface area contributed by atoms with E-state index in [4.69, 9.17) is 0 Å². The Morgan fingerprint density at radius 1 is 0.500 bits per heavy atom. The lowest BCUT2D eigenvalue weighted by Crippen LogP contribution is -2.24. The molecule has 0 saturated carbocycles. The first-order valence-electron chi connectivity index (χ1n) is 9.79. The van der Waals surface area contributed by atoms with Gasteiger partial charge >= 0.3 is 0 Å². The Hall–Kier alpha value is -3.52. The first-order valence-corrected chi connectivity index (χ1v) is 9.79. The normalized spacial score (nSPS) is 12.5. The molecule has 0 fully saturated rings. The number of hydrogen-bond donors (Lipinski definition) is 0. The fourth-order valence-electron chi connectivity index (χ4n) is 3.97. The van der Waals surface area contributed by atoms with Gasteiger partial charge in [-0.25, -0.2) is 0 Å². The lowest BCUT2D eigenvalue weighted by atomic mass is 10.0. The molecule has 4 aromatic carbocycles. The zero-order chi connectivity index (χ0) is 18.9. The largest absolute Gasteiger partial charge is 0.306 e. The minimum atomic E-state index is 1.02. The van der Waals surface area contributed by atoms with Crippen molar-refractivity contribution in [3.63, 3.8) is 0 Å². The van der Waals surface area contributed by atoms with Crippen LogP contribution in [0.3, 0.4) is 0 Å². The van der Waals surface area contributed by atoms with Crippen LogP contribution in [0.4, 0.5) is 34.1 Å². The molecule has 0 atom stereocenters. The summed E-state index contributed by atoms with van der Waals surface area (Å²) in [7, 11) is 0. The molecule has 5 rings (SSSR count). The van der Waals surface area contributed by atoms with Gasteiger partial charge in [-0.05, 0) is 60.5 Å². The molecule has 2 heteroatoms. The Bertz CT molecular complexity index is 1100. The van der Waals surface area contributed by atoms with E-state index in [-0.39, 0.29) is 0 Å². The minimum Gasteiger partial charge on any atom is -0.306 e. The smallest absolute Gasteiger partial charge is 0.0706 e. The summed E-state index contributed by atoms with van der Waals surface area (Å²) in [6, 6.07) is 36.7. The molecule has 0 radical (unpaired) electrons. The second-order valence-corrected chi connectivity index (χ2v) is 7.01. The van der Waals surface area contributed by atoms with E-state index >= 15 is 0 Å². The fourth-order valence-corrected chi connectivity index (χ4v) is 3.97. The van der Waals surface area contributed by atoms with Crippen molar-refractivity contribution in [3.8, 4) is 0 Å². The predicted octanol–water partition coefficient (Wildman–Crippen LogP) is 7.50. The van der Waals surface area contributed by atoms with Crippen molar-refractivity contribution >= 4 is 34.1 Å². The Labute approximate surface area is 166 Å². The van der Waals surface area contributed by atoms with E-state index in [9.17, 15) is 0 Å². The third-order valence-electron chi connectivity index (χ3n) is 5.32. The van der Waals surface area contributed by atoms with Crippen LogP contribution in [0.5, 0.6) is 0 Å². The van der Waals surface area contributed by atoms with Gasteiger partial charge in [-0.3, -0.25) is 0 Å². The van der Waals surface area contributed by atoms with Crippen molar-refractivity contribution < 1.29 is 0 Å². The predicted molar refractivity (Wildman–Crippen MR) is 119 cm³/mol. The molecule has 1 aliphatic heterocycles. The Balaban J connectivity index is 1.81. The van der Waals surface area contributed by atoms with E-state index in [0.29, 0.717) is 0 Å². The quantitative estimate of drug-likeness (QED) is 0.328. The molecular weight excluding hydrogens is 340 g/mol. The molecule has 0 spiro atoms. The highest BCUT2D eigenvalue weighted by molar-refractivity contribution is 6.01. The van der Waals surface area contributed by atoms with Crippen LogP contribution >= 0.6 is 0 Å². The van der Waals surface area contributed by atoms with Gasteiger partial charge in [-0.15, -0.1) is 0 Å². The molecule has 1 heterocycles. The third kappa shape index (κ3) is 2.66. The molecule has 0 bridgehead atoms. The molecule has 1 aliphatic rings. The number of hydrogen-bond acceptors (Lipinski definition) is 2. The van der Waals surface area contributed by atoms with Crippen LogP contribution < -0.4 is 9.80 Å². The number of benzene rings is 4. The summed E-state index contributed by atoms with van der Waals surface area (Å²) < 4.78 is 0. The molecule has 0 amide bonds. The van der Waals surface area contributed by atoms with Crippen LogP contribution in [0.15, 0.2) is 103 Å². The molecule has 0 aromatic heterocycles. The van der Waals surface area contributed by atoms with Gasteiger partial charge in [0.15, 0.2) is 0 Å². The molecule has 2 nitrogen and oxygen atoms in total. The number of rotatable bonds is 3. The molecular formula is C26H22N2. The summed E-state index contributed by atoms with van der Waals surface area (Å²) >= 11 is 0. The van der Waals surface area contributed by atoms with Crippen LogP contribution in [-0.2, 0) is 6.42 Å². The summed E-state index contributed by atoms with van der Waals surface area (Å²) in [6.45, 7) is 2.21. The van der Waals surface area contributed by atoms with Gasteiger partial charge in [0.2, 0.25) is 0 Å². The molecule has 0 saturated heterocycles. The zero-order valence-corrected chi connectivity index (χ0v) is 15.9. The van der Waals surface area contributed by atoms with E-state index < -0.39 is 0 Å². The van der Waals surface area contributed by atoms with E-state index in [1.54, 1.807) is 0 Å². The van der Waals surface area contributed by atoms with E-state index in [0.717, 1.165) is 6.42 Å². The van der Waals surface area contributed by atoms with Crippen LogP contribution in [-0.4, -0.2) is 0 Å². The second-order valence-electron chi connectivity index (χ2n) is 7.01. The Morgan fingerprint density at radius 2 is 0.964 bits per heavy atom. The molecule has 0 unspecified atom stereocenters. The van der Waals surface area contributed by atoms with Gasteiger partial charge in [0, 0.05) is 11.4 Å². The van der Waals surface area contributed by atoms with Crippen LogP contribution in [0, 0.1) is 0 Å². The Kier molecular flexibility index (Phi) is 4.10. The maximum atomic E-state index is 2.38. The van der Waals surface area contributed by atoms with E-state index in [1.807, 2.05) is 0 Å². The topological polar surface area (TPSA) is 6.48 Å². The monoisotopic (exact) mass is 362 g/mol. The summed E-state index contributed by atoms with van der Waals surface area (Å²) in [4.78, 5) is 4.74. The van der Waals surface area contributed by atoms with Crippen molar-refractivity contribution in [1.29, 1.82) is 0 Å². The van der Waals surface area contributed by atoms with E-state index in [2.05, 4.69) is 120 Å². The number of nitrogens with zero attached hydrogens (tertiary/aromatic N) is 2. The molecule has 0 aliphatic carbocycles. The number of aryl methyl sites for hydroxylation is 1. The number of anilines is 6. The lowest BCUT2D eigenvalue weighted by molar-refractivity contribution is 1.11. The average molecular weight is 362 g/mol. The van der Waals surface area contributed by atoms with Crippen LogP contribution in [0.25, 0.3) is 0 Å². The molecule has 136 valence electrons. The van der Waals surface area contributed by atoms with Crippen molar-refractivity contribution in [2.45, 2.75) is 13.3 Å². The highest BCUT2D eigenvalue weighted by atomic mass is 15.3. The number of para-hydroxylation sites is 4. The highest BCUT2D eigenvalue weighted by Gasteiger charge is 2.30. The summed E-state index contributed by atoms with van der Waals surface area (Å²) in [6.07, 6.45) is 1.02. The fraction of sp³-hybridized carbons (Fsp3) is 0.0769. The first kappa shape index (κ1) is 16.6. The van der Waals surface area contributed by atoms with Crippen LogP contribution in [0.1, 0.15) is 12.5 Å². The third-order valence-corrected chi connectivity index (χ3v) is 5.32. The second kappa shape index (κ2) is 6.90. The van der Waals surface area contributed by atoms with Crippen molar-refractivity contribution in [2.24, 2.45) is 0 Å². The van der Waals surface area contributed by atoms with Gasteiger partial charge in [0.05, 0.1) is 22.7 Å². The van der Waals surface area contributed by atoms with Gasteiger partial charge in [0.25, 0.3) is 0 Å². The van der Waals surface area contributed by atoms with Crippen LogP contribution in [0.2, 0.25) is 0 Å². The Morgan fingerprint density at radius 3 is 1.50 bits per heavy atom. The summed E-state index contributed by atoms with van der Waals surface area (Å²) in [5, 5.41) is 0. The minimum absolute atomic E-state index is 1.02. The summed E-state index contributed by atoms with van der Waals surface area (Å²) in [5.41, 5.74) is 8.49. The molecule has 4 aromatic rings. The summed E-state index contributed by atoms with van der Waals surface area (Å²) in [5.74, 6) is 0. The maximum Gasteiger partial charge on any atom is 0.0706 e. The standard InChI is InChI=1S/C26H22N2/c1-2-20-17-18-25-26(19-20)28(22-13-7-4-8-14-22)24-16-10-9-15-23(24)27(25)21-11-5-3-6-12-21/h3-19H,2H2,1H3. The highest BCUT2D eigenvalue weighted by Crippen LogP contribution is 2.54. The lowest BCUT2D eigenvalue weighted by Gasteiger charge is -2.40. The van der Waals surface area contributed by atoms with Gasteiger partial charge in [-0.2, -0.15) is 0 Å².